The lowest BCUT2D eigenvalue weighted by molar-refractivity contribution is -0.109. The number of carbonyl (C=O) groups excluding carboxylic acids is 1. The van der Waals surface area contributed by atoms with E-state index >= 15 is 0 Å². The van der Waals surface area contributed by atoms with Crippen LogP contribution in [0.3, 0.4) is 0 Å². The van der Waals surface area contributed by atoms with Gasteiger partial charge in [-0.2, -0.15) is 0 Å². The minimum Gasteiger partial charge on any atom is -0.496 e. The predicted molar refractivity (Wildman–Crippen MR) is 111 cm³/mol. The molecule has 1 aromatic rings. The highest BCUT2D eigenvalue weighted by atomic mass is 19.1. The van der Waals surface area contributed by atoms with Crippen LogP contribution in [0.2, 0.25) is 0 Å². The van der Waals surface area contributed by atoms with Crippen molar-refractivity contribution < 1.29 is 23.4 Å². The minimum absolute atomic E-state index is 0.210. The Bertz CT molecular complexity index is 780. The summed E-state index contributed by atoms with van der Waals surface area (Å²) >= 11 is 0. The Hall–Kier alpha value is -1.86. The lowest BCUT2D eigenvalue weighted by Gasteiger charge is -2.47. The van der Waals surface area contributed by atoms with Gasteiger partial charge in [-0.15, -0.1) is 0 Å². The summed E-state index contributed by atoms with van der Waals surface area (Å²) in [7, 11) is 1.60. The van der Waals surface area contributed by atoms with E-state index in [2.05, 4.69) is 4.90 Å². The Labute approximate surface area is 178 Å². The fraction of sp³-hybridized carbons (Fsp3) is 0.696. The first-order valence-electron chi connectivity index (χ1n) is 10.9. The normalized spacial score (nSPS) is 24.7. The Balaban J connectivity index is 1.28. The molecule has 7 heteroatoms. The summed E-state index contributed by atoms with van der Waals surface area (Å²) in [5.41, 5.74) is 0.416. The predicted octanol–water partition coefficient (Wildman–Crippen LogP) is 3.79. The summed E-state index contributed by atoms with van der Waals surface area (Å²) in [5.74, 6) is 0.773. The van der Waals surface area contributed by atoms with Gasteiger partial charge in [0, 0.05) is 12.1 Å². The zero-order valence-electron chi connectivity index (χ0n) is 18.4. The van der Waals surface area contributed by atoms with Crippen LogP contribution >= 0.6 is 0 Å². The zero-order valence-corrected chi connectivity index (χ0v) is 18.4. The quantitative estimate of drug-likeness (QED) is 0.745. The fourth-order valence-electron chi connectivity index (χ4n) is 4.98. The van der Waals surface area contributed by atoms with E-state index in [1.165, 1.54) is 12.1 Å². The maximum Gasteiger partial charge on any atom is 0.410 e. The van der Waals surface area contributed by atoms with Crippen molar-refractivity contribution in [2.45, 2.75) is 63.2 Å². The molecule has 1 spiro atoms. The van der Waals surface area contributed by atoms with Crippen LogP contribution in [-0.4, -0.2) is 73.0 Å². The molecule has 3 aliphatic heterocycles. The van der Waals surface area contributed by atoms with Gasteiger partial charge >= 0.3 is 6.09 Å². The first-order chi connectivity index (χ1) is 14.2. The molecule has 1 amide bonds. The standard InChI is InChI=1S/C23H33FN2O4/c1-22(2,3)30-21(27)26-14-23(15-26)12-18(13-29-23)25-9-7-16(8-10-25)19-6-5-17(24)11-20(19)28-4/h5-6,11,16,18H,7-10,12-15H2,1-4H3/t18-/m0/s1. The van der Waals surface area contributed by atoms with Crippen molar-refractivity contribution in [1.29, 1.82) is 0 Å². The first kappa shape index (κ1) is 21.4. The molecule has 3 saturated heterocycles. The van der Waals surface area contributed by atoms with Gasteiger partial charge in [-0.1, -0.05) is 6.07 Å². The van der Waals surface area contributed by atoms with Gasteiger partial charge in [0.2, 0.25) is 0 Å². The molecule has 0 saturated carbocycles. The number of likely N-dealkylation sites (tertiary alicyclic amines) is 2. The van der Waals surface area contributed by atoms with Gasteiger partial charge in [0.1, 0.15) is 22.8 Å². The van der Waals surface area contributed by atoms with Crippen molar-refractivity contribution >= 4 is 6.09 Å². The van der Waals surface area contributed by atoms with Gasteiger partial charge in [-0.05, 0) is 70.7 Å². The molecule has 0 aliphatic carbocycles. The van der Waals surface area contributed by atoms with Crippen molar-refractivity contribution in [3.05, 3.63) is 29.6 Å². The monoisotopic (exact) mass is 420 g/mol. The number of piperidine rings is 1. The van der Waals surface area contributed by atoms with Crippen molar-refractivity contribution in [2.24, 2.45) is 0 Å². The molecular weight excluding hydrogens is 387 g/mol. The molecule has 4 rings (SSSR count). The van der Waals surface area contributed by atoms with Gasteiger partial charge in [-0.25, -0.2) is 9.18 Å². The van der Waals surface area contributed by atoms with Gasteiger partial charge in [-0.3, -0.25) is 4.90 Å². The van der Waals surface area contributed by atoms with Gasteiger partial charge in [0.15, 0.2) is 0 Å². The first-order valence-corrected chi connectivity index (χ1v) is 10.9. The second-order valence-corrected chi connectivity index (χ2v) is 9.88. The molecule has 0 N–H and O–H groups in total. The Morgan fingerprint density at radius 2 is 1.93 bits per heavy atom. The SMILES string of the molecule is COc1cc(F)ccc1C1CCN([C@@H]2COC3(C2)CN(C(=O)OC(C)(C)C)C3)CC1. The highest BCUT2D eigenvalue weighted by Gasteiger charge is 2.53. The second kappa shape index (κ2) is 8.00. The minimum atomic E-state index is -0.476. The van der Waals surface area contributed by atoms with E-state index in [1.54, 1.807) is 12.0 Å². The summed E-state index contributed by atoms with van der Waals surface area (Å²) in [6.07, 6.45) is 2.75. The van der Waals surface area contributed by atoms with E-state index in [0.717, 1.165) is 37.9 Å². The largest absolute Gasteiger partial charge is 0.496 e. The van der Waals surface area contributed by atoms with Crippen LogP contribution in [0.5, 0.6) is 5.75 Å². The summed E-state index contributed by atoms with van der Waals surface area (Å²) in [6.45, 7) is 9.57. The van der Waals surface area contributed by atoms with Crippen molar-refractivity contribution in [1.82, 2.24) is 9.80 Å². The van der Waals surface area contributed by atoms with Gasteiger partial charge < -0.3 is 19.1 Å². The topological polar surface area (TPSA) is 51.2 Å². The molecule has 166 valence electrons. The third-order valence-electron chi connectivity index (χ3n) is 6.48. The lowest BCUT2D eigenvalue weighted by Crippen LogP contribution is -2.64. The highest BCUT2D eigenvalue weighted by molar-refractivity contribution is 5.69. The van der Waals surface area contributed by atoms with Crippen LogP contribution in [-0.2, 0) is 9.47 Å². The molecule has 0 bridgehead atoms. The Morgan fingerprint density at radius 3 is 2.57 bits per heavy atom. The smallest absolute Gasteiger partial charge is 0.410 e. The van der Waals surface area contributed by atoms with Crippen molar-refractivity contribution in [3.63, 3.8) is 0 Å². The Morgan fingerprint density at radius 1 is 1.23 bits per heavy atom. The summed E-state index contributed by atoms with van der Waals surface area (Å²) in [5, 5.41) is 0. The van der Waals surface area contributed by atoms with E-state index in [9.17, 15) is 9.18 Å². The molecule has 0 aromatic heterocycles. The molecule has 6 nitrogen and oxygen atoms in total. The number of benzene rings is 1. The number of hydrogen-bond donors (Lipinski definition) is 0. The van der Waals surface area contributed by atoms with Crippen molar-refractivity contribution in [3.8, 4) is 5.75 Å². The van der Waals surface area contributed by atoms with E-state index in [4.69, 9.17) is 14.2 Å². The van der Waals surface area contributed by atoms with Gasteiger partial charge in [0.05, 0.1) is 26.8 Å². The summed E-state index contributed by atoms with van der Waals surface area (Å²) < 4.78 is 30.5. The van der Waals surface area contributed by atoms with Crippen LogP contribution in [0, 0.1) is 5.82 Å². The number of hydrogen-bond acceptors (Lipinski definition) is 5. The molecule has 0 unspecified atom stereocenters. The van der Waals surface area contributed by atoms with Crippen LogP contribution in [0.4, 0.5) is 9.18 Å². The average molecular weight is 421 g/mol. The summed E-state index contributed by atoms with van der Waals surface area (Å²) in [6, 6.07) is 5.25. The lowest BCUT2D eigenvalue weighted by atomic mass is 9.86. The van der Waals surface area contributed by atoms with E-state index in [-0.39, 0.29) is 17.5 Å². The van der Waals surface area contributed by atoms with Crippen LogP contribution in [0.15, 0.2) is 18.2 Å². The number of methoxy groups -OCH3 is 1. The number of nitrogens with zero attached hydrogens (tertiary/aromatic N) is 2. The Kier molecular flexibility index (Phi) is 5.70. The molecule has 1 atom stereocenters. The molecule has 1 aromatic carbocycles. The van der Waals surface area contributed by atoms with Gasteiger partial charge in [0.25, 0.3) is 0 Å². The molecule has 3 aliphatic rings. The molecule has 30 heavy (non-hydrogen) atoms. The third-order valence-corrected chi connectivity index (χ3v) is 6.48. The van der Waals surface area contributed by atoms with Crippen LogP contribution in [0.1, 0.15) is 51.5 Å². The van der Waals surface area contributed by atoms with E-state index in [0.29, 0.717) is 37.4 Å². The summed E-state index contributed by atoms with van der Waals surface area (Å²) in [4.78, 5) is 16.5. The number of ether oxygens (including phenoxy) is 3. The molecule has 3 heterocycles. The number of carbonyl (C=O) groups is 1. The van der Waals surface area contributed by atoms with Crippen LogP contribution in [0.25, 0.3) is 0 Å². The molecule has 0 radical (unpaired) electrons. The number of amides is 1. The van der Waals surface area contributed by atoms with E-state index in [1.807, 2.05) is 26.8 Å². The third kappa shape index (κ3) is 4.42. The molecule has 3 fully saturated rings. The fourth-order valence-corrected chi connectivity index (χ4v) is 4.98. The molecular formula is C23H33FN2O4. The second-order valence-electron chi connectivity index (χ2n) is 9.88. The maximum atomic E-state index is 13.5. The zero-order chi connectivity index (χ0) is 21.5. The number of halogens is 1. The van der Waals surface area contributed by atoms with Crippen molar-refractivity contribution in [2.75, 3.05) is 39.9 Å². The highest BCUT2D eigenvalue weighted by Crippen LogP contribution is 2.40. The average Bonchev–Trinajstić information content (AvgIpc) is 3.11. The van der Waals surface area contributed by atoms with Crippen LogP contribution < -0.4 is 4.74 Å². The van der Waals surface area contributed by atoms with E-state index < -0.39 is 5.60 Å². The maximum absolute atomic E-state index is 13.5. The number of rotatable bonds is 3.